The van der Waals surface area contributed by atoms with Crippen molar-refractivity contribution in [2.75, 3.05) is 0 Å². The van der Waals surface area contributed by atoms with E-state index in [0.29, 0.717) is 6.42 Å². The van der Waals surface area contributed by atoms with Crippen LogP contribution in [-0.2, 0) is 0 Å². The molecular weight excluding hydrogens is 222 g/mol. The van der Waals surface area contributed by atoms with Gasteiger partial charge in [0.05, 0.1) is 6.10 Å². The molecule has 17 heavy (non-hydrogen) atoms. The molecule has 0 heterocycles. The summed E-state index contributed by atoms with van der Waals surface area (Å²) in [5.74, 6) is -1.82. The molecule has 0 aliphatic rings. The van der Waals surface area contributed by atoms with E-state index in [9.17, 15) is 13.9 Å². The van der Waals surface area contributed by atoms with Crippen LogP contribution in [-0.4, -0.2) is 5.11 Å². The minimum atomic E-state index is -0.923. The van der Waals surface area contributed by atoms with E-state index in [1.807, 2.05) is 0 Å². The van der Waals surface area contributed by atoms with Crippen molar-refractivity contribution in [1.82, 2.24) is 0 Å². The van der Waals surface area contributed by atoms with Crippen molar-refractivity contribution in [3.05, 3.63) is 35.4 Å². The van der Waals surface area contributed by atoms with Crippen LogP contribution in [0.4, 0.5) is 8.78 Å². The molecule has 1 aromatic carbocycles. The van der Waals surface area contributed by atoms with Crippen LogP contribution in [0.5, 0.6) is 0 Å². The largest absolute Gasteiger partial charge is 0.388 e. The molecule has 0 saturated carbocycles. The molecule has 0 radical (unpaired) electrons. The number of hydrogen-bond donors (Lipinski definition) is 1. The fourth-order valence-corrected chi connectivity index (χ4v) is 1.87. The van der Waals surface area contributed by atoms with E-state index in [1.165, 1.54) is 25.0 Å². The number of rotatable bonds is 7. The number of aliphatic hydroxyl groups excluding tert-OH is 1. The lowest BCUT2D eigenvalue weighted by Crippen LogP contribution is -2.02. The first-order chi connectivity index (χ1) is 8.16. The van der Waals surface area contributed by atoms with E-state index in [0.717, 1.165) is 25.3 Å². The first-order valence-corrected chi connectivity index (χ1v) is 6.28. The Morgan fingerprint density at radius 3 is 2.53 bits per heavy atom. The summed E-state index contributed by atoms with van der Waals surface area (Å²) in [6.45, 7) is 2.14. The summed E-state index contributed by atoms with van der Waals surface area (Å²) in [5.41, 5.74) is 0.0699. The first kappa shape index (κ1) is 14.1. The Morgan fingerprint density at radius 2 is 1.82 bits per heavy atom. The number of aliphatic hydroxyl groups is 1. The average Bonchev–Trinajstić information content (AvgIpc) is 2.32. The van der Waals surface area contributed by atoms with Crippen molar-refractivity contribution in [1.29, 1.82) is 0 Å². The van der Waals surface area contributed by atoms with Gasteiger partial charge in [-0.15, -0.1) is 0 Å². The summed E-state index contributed by atoms with van der Waals surface area (Å²) in [4.78, 5) is 0. The Hall–Kier alpha value is -0.960. The molecule has 0 aliphatic carbocycles. The van der Waals surface area contributed by atoms with Crippen LogP contribution in [0.3, 0.4) is 0 Å². The predicted octanol–water partition coefficient (Wildman–Crippen LogP) is 4.36. The number of halogens is 2. The van der Waals surface area contributed by atoms with Gasteiger partial charge in [0.1, 0.15) is 0 Å². The Labute approximate surface area is 101 Å². The topological polar surface area (TPSA) is 20.2 Å². The molecule has 0 amide bonds. The molecule has 1 N–H and O–H groups in total. The smallest absolute Gasteiger partial charge is 0.164 e. The zero-order valence-corrected chi connectivity index (χ0v) is 10.3. The lowest BCUT2D eigenvalue weighted by atomic mass is 10.0. The van der Waals surface area contributed by atoms with Gasteiger partial charge in [-0.1, -0.05) is 51.2 Å². The SMILES string of the molecule is CCCCCCCC(O)c1cccc(F)c1F. The van der Waals surface area contributed by atoms with Gasteiger partial charge in [0, 0.05) is 5.56 Å². The maximum Gasteiger partial charge on any atom is 0.164 e. The lowest BCUT2D eigenvalue weighted by molar-refractivity contribution is 0.157. The molecular formula is C14H20F2O. The van der Waals surface area contributed by atoms with Gasteiger partial charge in [0.25, 0.3) is 0 Å². The summed E-state index contributed by atoms with van der Waals surface area (Å²) in [6.07, 6.45) is 4.95. The number of hydrogen-bond acceptors (Lipinski definition) is 1. The second-order valence-electron chi connectivity index (χ2n) is 4.36. The van der Waals surface area contributed by atoms with E-state index in [1.54, 1.807) is 0 Å². The molecule has 1 rings (SSSR count). The number of unbranched alkanes of at least 4 members (excludes halogenated alkanes) is 4. The molecule has 0 aromatic heterocycles. The van der Waals surface area contributed by atoms with Crippen LogP contribution in [0.1, 0.15) is 57.1 Å². The van der Waals surface area contributed by atoms with E-state index >= 15 is 0 Å². The summed E-state index contributed by atoms with van der Waals surface area (Å²) in [5, 5.41) is 9.78. The molecule has 0 aliphatic heterocycles. The van der Waals surface area contributed by atoms with Crippen LogP contribution in [0.2, 0.25) is 0 Å². The van der Waals surface area contributed by atoms with Crippen molar-refractivity contribution in [3.63, 3.8) is 0 Å². The van der Waals surface area contributed by atoms with Crippen molar-refractivity contribution in [2.24, 2.45) is 0 Å². The van der Waals surface area contributed by atoms with Gasteiger partial charge in [0.2, 0.25) is 0 Å². The molecule has 3 heteroatoms. The fourth-order valence-electron chi connectivity index (χ4n) is 1.87. The lowest BCUT2D eigenvalue weighted by Gasteiger charge is -2.11. The van der Waals surface area contributed by atoms with Gasteiger partial charge >= 0.3 is 0 Å². The van der Waals surface area contributed by atoms with E-state index in [4.69, 9.17) is 0 Å². The van der Waals surface area contributed by atoms with Crippen LogP contribution in [0.25, 0.3) is 0 Å². The summed E-state index contributed by atoms with van der Waals surface area (Å²) in [6, 6.07) is 3.93. The van der Waals surface area contributed by atoms with Gasteiger partial charge in [-0.3, -0.25) is 0 Å². The molecule has 1 aromatic rings. The Balaban J connectivity index is 2.41. The van der Waals surface area contributed by atoms with Gasteiger partial charge in [-0.05, 0) is 12.5 Å². The van der Waals surface area contributed by atoms with Crippen molar-refractivity contribution < 1.29 is 13.9 Å². The molecule has 1 nitrogen and oxygen atoms in total. The Morgan fingerprint density at radius 1 is 1.12 bits per heavy atom. The first-order valence-electron chi connectivity index (χ1n) is 6.28. The van der Waals surface area contributed by atoms with Crippen molar-refractivity contribution in [3.8, 4) is 0 Å². The van der Waals surface area contributed by atoms with Crippen LogP contribution in [0, 0.1) is 11.6 Å². The fraction of sp³-hybridized carbons (Fsp3) is 0.571. The highest BCUT2D eigenvalue weighted by Gasteiger charge is 2.15. The third-order valence-corrected chi connectivity index (χ3v) is 2.92. The third kappa shape index (κ3) is 4.43. The highest BCUT2D eigenvalue weighted by Crippen LogP contribution is 2.23. The predicted molar refractivity (Wildman–Crippen MR) is 64.7 cm³/mol. The van der Waals surface area contributed by atoms with Gasteiger partial charge in [0.15, 0.2) is 11.6 Å². The van der Waals surface area contributed by atoms with Crippen molar-refractivity contribution in [2.45, 2.75) is 51.6 Å². The normalized spacial score (nSPS) is 12.7. The third-order valence-electron chi connectivity index (χ3n) is 2.92. The van der Waals surface area contributed by atoms with Crippen LogP contribution >= 0.6 is 0 Å². The molecule has 96 valence electrons. The zero-order valence-electron chi connectivity index (χ0n) is 10.3. The van der Waals surface area contributed by atoms with E-state index in [2.05, 4.69) is 6.92 Å². The molecule has 0 fully saturated rings. The van der Waals surface area contributed by atoms with E-state index in [-0.39, 0.29) is 5.56 Å². The molecule has 1 atom stereocenters. The maximum atomic E-state index is 13.3. The second kappa shape index (κ2) is 7.38. The van der Waals surface area contributed by atoms with E-state index < -0.39 is 17.7 Å². The molecule has 0 saturated heterocycles. The maximum absolute atomic E-state index is 13.3. The molecule has 0 spiro atoms. The standard InChI is InChI=1S/C14H20F2O/c1-2-3-4-5-6-10-13(17)11-8-7-9-12(15)14(11)16/h7-9,13,17H,2-6,10H2,1H3. The van der Waals surface area contributed by atoms with Crippen molar-refractivity contribution >= 4 is 0 Å². The zero-order chi connectivity index (χ0) is 12.7. The highest BCUT2D eigenvalue weighted by atomic mass is 19.2. The monoisotopic (exact) mass is 242 g/mol. The average molecular weight is 242 g/mol. The molecule has 1 unspecified atom stereocenters. The quantitative estimate of drug-likeness (QED) is 0.704. The molecule has 0 bridgehead atoms. The van der Waals surface area contributed by atoms with Crippen LogP contribution < -0.4 is 0 Å². The minimum absolute atomic E-state index is 0.0699. The minimum Gasteiger partial charge on any atom is -0.388 e. The Bertz CT molecular complexity index is 339. The van der Waals surface area contributed by atoms with Gasteiger partial charge in [-0.2, -0.15) is 0 Å². The number of benzene rings is 1. The summed E-state index contributed by atoms with van der Waals surface area (Å²) in [7, 11) is 0. The van der Waals surface area contributed by atoms with Gasteiger partial charge in [-0.25, -0.2) is 8.78 Å². The second-order valence-corrected chi connectivity index (χ2v) is 4.36. The summed E-state index contributed by atoms with van der Waals surface area (Å²) < 4.78 is 26.3. The summed E-state index contributed by atoms with van der Waals surface area (Å²) >= 11 is 0. The Kier molecular flexibility index (Phi) is 6.12. The van der Waals surface area contributed by atoms with Crippen LogP contribution in [0.15, 0.2) is 18.2 Å². The highest BCUT2D eigenvalue weighted by molar-refractivity contribution is 5.21. The van der Waals surface area contributed by atoms with Gasteiger partial charge < -0.3 is 5.11 Å².